The van der Waals surface area contributed by atoms with Crippen molar-refractivity contribution in [3.05, 3.63) is 101 Å². The van der Waals surface area contributed by atoms with E-state index in [1.165, 1.54) is 11.1 Å². The molecule has 1 atom stereocenters. The van der Waals surface area contributed by atoms with E-state index in [1.54, 1.807) is 6.20 Å². The van der Waals surface area contributed by atoms with Gasteiger partial charge in [0.1, 0.15) is 5.82 Å². The summed E-state index contributed by atoms with van der Waals surface area (Å²) in [6, 6.07) is 22.9. The predicted molar refractivity (Wildman–Crippen MR) is 132 cm³/mol. The van der Waals surface area contributed by atoms with E-state index in [0.717, 1.165) is 40.7 Å². The second-order valence-corrected chi connectivity index (χ2v) is 8.83. The molecule has 5 nitrogen and oxygen atoms in total. The quantitative estimate of drug-likeness (QED) is 0.424. The van der Waals surface area contributed by atoms with Crippen LogP contribution >= 0.6 is 0 Å². The number of aromatic nitrogens is 2. The minimum Gasteiger partial charge on any atom is -0.310 e. The summed E-state index contributed by atoms with van der Waals surface area (Å²) in [6.07, 6.45) is 3.10. The van der Waals surface area contributed by atoms with Crippen molar-refractivity contribution in [2.75, 3.05) is 5.32 Å². The third-order valence-corrected chi connectivity index (χ3v) is 6.77. The van der Waals surface area contributed by atoms with Gasteiger partial charge in [0.15, 0.2) is 0 Å². The highest BCUT2D eigenvalue weighted by Crippen LogP contribution is 2.42. The minimum absolute atomic E-state index is 0.0381. The molecule has 0 bridgehead atoms. The van der Waals surface area contributed by atoms with Crippen LogP contribution < -0.4 is 10.6 Å². The van der Waals surface area contributed by atoms with Gasteiger partial charge in [-0.2, -0.15) is 0 Å². The highest BCUT2D eigenvalue weighted by Gasteiger charge is 2.46. The molecule has 0 aliphatic carbocycles. The highest BCUT2D eigenvalue weighted by atomic mass is 16.2. The van der Waals surface area contributed by atoms with E-state index in [0.29, 0.717) is 18.8 Å². The molecule has 0 radical (unpaired) electrons. The molecular formula is C28H28N4O. The van der Waals surface area contributed by atoms with Crippen LogP contribution in [0, 0.1) is 6.92 Å². The first-order chi connectivity index (χ1) is 16.1. The molecule has 3 heterocycles. The standard InChI is InChI=1S/C28H28N4O/c1-3-28(24-10-7-13-30-26(24)32-27(28)33)16-22-15-21-11-12-23(31-25(21)14-19(22)2)18-29-17-20-8-5-4-6-9-20/h4-15,29H,3,16-18H2,1-2H3,(H,30,32,33). The molecule has 0 saturated heterocycles. The molecule has 1 aliphatic heterocycles. The SMILES string of the molecule is CCC1(Cc2cc3ccc(CNCc4ccccc4)nc3cc2C)C(=O)Nc2ncccc21. The molecule has 2 N–H and O–H groups in total. The number of nitrogens with one attached hydrogen (secondary N) is 2. The molecule has 5 rings (SSSR count). The third-order valence-electron chi connectivity index (χ3n) is 6.77. The molecule has 33 heavy (non-hydrogen) atoms. The number of carbonyl (C=O) groups excluding carboxylic acids is 1. The van der Waals surface area contributed by atoms with E-state index >= 15 is 0 Å². The van der Waals surface area contributed by atoms with Crippen molar-refractivity contribution < 1.29 is 4.79 Å². The molecule has 0 fully saturated rings. The number of hydrogen-bond acceptors (Lipinski definition) is 4. The van der Waals surface area contributed by atoms with Crippen molar-refractivity contribution in [2.24, 2.45) is 0 Å². The van der Waals surface area contributed by atoms with Crippen molar-refractivity contribution in [3.8, 4) is 0 Å². The molecule has 0 saturated carbocycles. The summed E-state index contributed by atoms with van der Waals surface area (Å²) in [5.41, 5.74) is 6.00. The normalized spacial score (nSPS) is 17.2. The van der Waals surface area contributed by atoms with Gasteiger partial charge in [-0.05, 0) is 60.7 Å². The van der Waals surface area contributed by atoms with Crippen LogP contribution in [0.25, 0.3) is 10.9 Å². The van der Waals surface area contributed by atoms with Crippen molar-refractivity contribution in [1.82, 2.24) is 15.3 Å². The van der Waals surface area contributed by atoms with Gasteiger partial charge < -0.3 is 10.6 Å². The lowest BCUT2D eigenvalue weighted by Crippen LogP contribution is -2.36. The van der Waals surface area contributed by atoms with Gasteiger partial charge in [0.25, 0.3) is 0 Å². The Balaban J connectivity index is 1.38. The molecule has 4 aromatic rings. The van der Waals surface area contributed by atoms with Crippen LogP contribution in [-0.2, 0) is 29.7 Å². The van der Waals surface area contributed by atoms with E-state index in [2.05, 4.69) is 78.0 Å². The fourth-order valence-corrected chi connectivity index (χ4v) is 4.80. The number of hydrogen-bond donors (Lipinski definition) is 2. The lowest BCUT2D eigenvalue weighted by atomic mass is 9.74. The number of nitrogens with zero attached hydrogens (tertiary/aromatic N) is 2. The Labute approximate surface area is 194 Å². The minimum atomic E-state index is -0.587. The zero-order chi connectivity index (χ0) is 22.8. The summed E-state index contributed by atoms with van der Waals surface area (Å²) in [7, 11) is 0. The third kappa shape index (κ3) is 4.00. The molecule has 166 valence electrons. The summed E-state index contributed by atoms with van der Waals surface area (Å²) < 4.78 is 0. The summed E-state index contributed by atoms with van der Waals surface area (Å²) in [6.45, 7) is 5.72. The van der Waals surface area contributed by atoms with Crippen LogP contribution in [0.3, 0.4) is 0 Å². The highest BCUT2D eigenvalue weighted by molar-refractivity contribution is 6.05. The van der Waals surface area contributed by atoms with Crippen LogP contribution in [0.1, 0.15) is 41.3 Å². The monoisotopic (exact) mass is 436 g/mol. The van der Waals surface area contributed by atoms with Gasteiger partial charge in [-0.3, -0.25) is 9.78 Å². The van der Waals surface area contributed by atoms with E-state index < -0.39 is 5.41 Å². The lowest BCUT2D eigenvalue weighted by molar-refractivity contribution is -0.121. The maximum absolute atomic E-state index is 13.0. The van der Waals surface area contributed by atoms with Crippen LogP contribution in [-0.4, -0.2) is 15.9 Å². The van der Waals surface area contributed by atoms with Gasteiger partial charge in [0.2, 0.25) is 5.91 Å². The number of benzene rings is 2. The Morgan fingerprint density at radius 3 is 2.67 bits per heavy atom. The number of carbonyl (C=O) groups is 1. The second-order valence-electron chi connectivity index (χ2n) is 8.83. The number of fused-ring (bicyclic) bond motifs is 2. The van der Waals surface area contributed by atoms with Crippen molar-refractivity contribution in [1.29, 1.82) is 0 Å². The molecule has 2 aromatic heterocycles. The molecular weight excluding hydrogens is 408 g/mol. The summed E-state index contributed by atoms with van der Waals surface area (Å²) in [4.78, 5) is 22.3. The van der Waals surface area contributed by atoms with Crippen molar-refractivity contribution in [3.63, 3.8) is 0 Å². The van der Waals surface area contributed by atoms with Gasteiger partial charge in [-0.1, -0.05) is 49.4 Å². The number of amides is 1. The average molecular weight is 437 g/mol. The summed E-state index contributed by atoms with van der Waals surface area (Å²) in [5, 5.41) is 7.55. The van der Waals surface area contributed by atoms with Gasteiger partial charge in [0, 0.05) is 30.2 Å². The van der Waals surface area contributed by atoms with E-state index in [4.69, 9.17) is 4.98 Å². The summed E-state index contributed by atoms with van der Waals surface area (Å²) >= 11 is 0. The first kappa shape index (κ1) is 21.3. The average Bonchev–Trinajstić information content (AvgIpc) is 3.11. The Morgan fingerprint density at radius 1 is 1.00 bits per heavy atom. The van der Waals surface area contributed by atoms with Crippen LogP contribution in [0.2, 0.25) is 0 Å². The largest absolute Gasteiger partial charge is 0.310 e. The molecule has 0 spiro atoms. The van der Waals surface area contributed by atoms with Gasteiger partial charge in [-0.25, -0.2) is 4.98 Å². The first-order valence-corrected chi connectivity index (χ1v) is 11.5. The Kier molecular flexibility index (Phi) is 5.65. The second kappa shape index (κ2) is 8.75. The van der Waals surface area contributed by atoms with E-state index in [9.17, 15) is 4.79 Å². The predicted octanol–water partition coefficient (Wildman–Crippen LogP) is 5.07. The Hall–Kier alpha value is -3.57. The molecule has 5 heteroatoms. The number of anilines is 1. The fourth-order valence-electron chi connectivity index (χ4n) is 4.80. The topological polar surface area (TPSA) is 66.9 Å². The lowest BCUT2D eigenvalue weighted by Gasteiger charge is -2.27. The Bertz CT molecular complexity index is 1320. The van der Waals surface area contributed by atoms with E-state index in [-0.39, 0.29) is 5.91 Å². The maximum Gasteiger partial charge on any atom is 0.236 e. The number of pyridine rings is 2. The first-order valence-electron chi connectivity index (χ1n) is 11.5. The van der Waals surface area contributed by atoms with E-state index in [1.807, 2.05) is 18.2 Å². The Morgan fingerprint density at radius 2 is 1.85 bits per heavy atom. The summed E-state index contributed by atoms with van der Waals surface area (Å²) in [5.74, 6) is 0.730. The van der Waals surface area contributed by atoms with Crippen LogP contribution in [0.15, 0.2) is 72.9 Å². The van der Waals surface area contributed by atoms with Gasteiger partial charge in [-0.15, -0.1) is 0 Å². The smallest absolute Gasteiger partial charge is 0.236 e. The fraction of sp³-hybridized carbons (Fsp3) is 0.250. The zero-order valence-electron chi connectivity index (χ0n) is 19.1. The molecule has 1 aliphatic rings. The molecule has 1 amide bonds. The zero-order valence-corrected chi connectivity index (χ0v) is 19.1. The maximum atomic E-state index is 13.0. The van der Waals surface area contributed by atoms with Crippen molar-refractivity contribution in [2.45, 2.75) is 45.2 Å². The van der Waals surface area contributed by atoms with Crippen LogP contribution in [0.5, 0.6) is 0 Å². The molecule has 2 aromatic carbocycles. The molecule has 1 unspecified atom stereocenters. The van der Waals surface area contributed by atoms with Gasteiger partial charge in [0.05, 0.1) is 16.6 Å². The number of aryl methyl sites for hydroxylation is 1. The number of rotatable bonds is 7. The van der Waals surface area contributed by atoms with Gasteiger partial charge >= 0.3 is 0 Å². The van der Waals surface area contributed by atoms with Crippen molar-refractivity contribution >= 4 is 22.6 Å². The van der Waals surface area contributed by atoms with Crippen LogP contribution in [0.4, 0.5) is 5.82 Å².